The fourth-order valence-corrected chi connectivity index (χ4v) is 1.29. The van der Waals surface area contributed by atoms with Gasteiger partial charge in [-0.2, -0.15) is 0 Å². The first-order chi connectivity index (χ1) is 7.11. The van der Waals surface area contributed by atoms with Crippen molar-refractivity contribution >= 4 is 5.69 Å². The van der Waals surface area contributed by atoms with Crippen LogP contribution in [0, 0.1) is 16.0 Å². The zero-order valence-electron chi connectivity index (χ0n) is 8.49. The highest BCUT2D eigenvalue weighted by molar-refractivity contribution is 5.57. The average molecular weight is 212 g/mol. The van der Waals surface area contributed by atoms with E-state index in [9.17, 15) is 14.5 Å². The highest BCUT2D eigenvalue weighted by Gasteiger charge is 2.24. The first-order valence-electron chi connectivity index (χ1n) is 4.32. The Morgan fingerprint density at radius 3 is 2.73 bits per heavy atom. The number of nitrogens with zero attached hydrogens (tertiary/aromatic N) is 1. The normalized spacial score (nSPS) is 10.4. The molecule has 1 aromatic rings. The van der Waals surface area contributed by atoms with Gasteiger partial charge in [-0.25, -0.2) is 0 Å². The van der Waals surface area contributed by atoms with Crippen LogP contribution < -0.4 is 4.74 Å². The van der Waals surface area contributed by atoms with Gasteiger partial charge < -0.3 is 4.74 Å². The van der Waals surface area contributed by atoms with E-state index in [0.29, 0.717) is 5.92 Å². The Morgan fingerprint density at radius 1 is 1.60 bits per heavy atom. The number of nitro groups is 1. The maximum Gasteiger partial charge on any atom is 0.314 e. The van der Waals surface area contributed by atoms with Crippen molar-refractivity contribution in [3.63, 3.8) is 0 Å². The maximum atomic E-state index is 12.5. The van der Waals surface area contributed by atoms with Gasteiger partial charge in [-0.05, 0) is 6.07 Å². The van der Waals surface area contributed by atoms with Gasteiger partial charge in [0.25, 0.3) is 0 Å². The summed E-state index contributed by atoms with van der Waals surface area (Å²) < 4.78 is 17.3. The van der Waals surface area contributed by atoms with E-state index in [0.717, 1.165) is 0 Å². The molecule has 0 aliphatic rings. The molecule has 0 amide bonds. The van der Waals surface area contributed by atoms with Crippen molar-refractivity contribution in [2.75, 3.05) is 13.8 Å². The molecule has 0 aliphatic carbocycles. The van der Waals surface area contributed by atoms with E-state index in [1.54, 1.807) is 6.07 Å². The summed E-state index contributed by atoms with van der Waals surface area (Å²) >= 11 is 0. The summed E-state index contributed by atoms with van der Waals surface area (Å²) in [5.74, 6) is 0.464. The molecule has 0 saturated heterocycles. The number of rotatable bonds is 4. The molecule has 0 heterocycles. The lowest BCUT2D eigenvalue weighted by atomic mass is 10.0. The average Bonchev–Trinajstić information content (AvgIpc) is 2.26. The standard InChI is InChI=1S/C10H11FNO3/c1-7(6-11)8-4-3-5-9(15-2)10(8)12(13)14/h3-5H,6H2,1-2H3. The van der Waals surface area contributed by atoms with Crippen molar-refractivity contribution in [1.29, 1.82) is 0 Å². The molecule has 15 heavy (non-hydrogen) atoms. The SMILES string of the molecule is COc1cccc([C](C)CF)c1[N+](=O)[O-]. The van der Waals surface area contributed by atoms with Crippen LogP contribution in [0.5, 0.6) is 5.75 Å². The van der Waals surface area contributed by atoms with E-state index in [2.05, 4.69) is 0 Å². The molecule has 0 atom stereocenters. The number of nitro benzene ring substituents is 1. The Bertz CT molecular complexity index is 368. The molecule has 0 aromatic heterocycles. The number of hydrogen-bond acceptors (Lipinski definition) is 3. The summed E-state index contributed by atoms with van der Waals surface area (Å²) in [7, 11) is 1.34. The van der Waals surface area contributed by atoms with Gasteiger partial charge in [0.15, 0.2) is 5.75 Å². The molecule has 0 bridgehead atoms. The van der Waals surface area contributed by atoms with Crippen molar-refractivity contribution in [2.45, 2.75) is 6.92 Å². The predicted molar refractivity (Wildman–Crippen MR) is 53.6 cm³/mol. The van der Waals surface area contributed by atoms with Crippen LogP contribution in [0.25, 0.3) is 0 Å². The largest absolute Gasteiger partial charge is 0.490 e. The number of alkyl halides is 1. The third kappa shape index (κ3) is 2.23. The van der Waals surface area contributed by atoms with Crippen molar-refractivity contribution in [3.05, 3.63) is 39.8 Å². The number of methoxy groups -OCH3 is 1. The highest BCUT2D eigenvalue weighted by Crippen LogP contribution is 2.34. The second-order valence-corrected chi connectivity index (χ2v) is 3.03. The van der Waals surface area contributed by atoms with Gasteiger partial charge in [0.05, 0.1) is 18.7 Å². The van der Waals surface area contributed by atoms with E-state index in [1.165, 1.54) is 26.2 Å². The van der Waals surface area contributed by atoms with E-state index in [-0.39, 0.29) is 17.0 Å². The molecular formula is C10H11FNO3. The molecule has 5 heteroatoms. The smallest absolute Gasteiger partial charge is 0.314 e. The third-order valence-electron chi connectivity index (χ3n) is 2.06. The lowest BCUT2D eigenvalue weighted by molar-refractivity contribution is -0.386. The lowest BCUT2D eigenvalue weighted by Gasteiger charge is -2.09. The molecule has 0 fully saturated rings. The molecular weight excluding hydrogens is 201 g/mol. The first kappa shape index (κ1) is 11.4. The lowest BCUT2D eigenvalue weighted by Crippen LogP contribution is -2.04. The zero-order valence-corrected chi connectivity index (χ0v) is 8.49. The Labute approximate surface area is 86.8 Å². The topological polar surface area (TPSA) is 52.4 Å². The molecule has 0 unspecified atom stereocenters. The van der Waals surface area contributed by atoms with Crippen LogP contribution in [-0.4, -0.2) is 18.7 Å². The third-order valence-corrected chi connectivity index (χ3v) is 2.06. The highest BCUT2D eigenvalue weighted by atomic mass is 19.1. The molecule has 1 aromatic carbocycles. The molecule has 1 rings (SSSR count). The number of para-hydroxylation sites is 1. The second-order valence-electron chi connectivity index (χ2n) is 3.03. The molecule has 4 nitrogen and oxygen atoms in total. The van der Waals surface area contributed by atoms with Crippen LogP contribution in [0.4, 0.5) is 10.1 Å². The first-order valence-corrected chi connectivity index (χ1v) is 4.32. The monoisotopic (exact) mass is 212 g/mol. The molecule has 0 N–H and O–H groups in total. The molecule has 81 valence electrons. The maximum absolute atomic E-state index is 12.5. The van der Waals surface area contributed by atoms with E-state index in [4.69, 9.17) is 4.74 Å². The fourth-order valence-electron chi connectivity index (χ4n) is 1.29. The van der Waals surface area contributed by atoms with E-state index in [1.807, 2.05) is 0 Å². The zero-order chi connectivity index (χ0) is 11.4. The summed E-state index contributed by atoms with van der Waals surface area (Å²) in [5, 5.41) is 10.8. The number of ether oxygens (including phenoxy) is 1. The summed E-state index contributed by atoms with van der Waals surface area (Å²) in [6.45, 7) is 0.801. The molecule has 0 spiro atoms. The van der Waals surface area contributed by atoms with Crippen molar-refractivity contribution < 1.29 is 14.1 Å². The van der Waals surface area contributed by atoms with E-state index >= 15 is 0 Å². The van der Waals surface area contributed by atoms with Gasteiger partial charge in [0, 0.05) is 11.5 Å². The Morgan fingerprint density at radius 2 is 2.27 bits per heavy atom. The van der Waals surface area contributed by atoms with Crippen molar-refractivity contribution in [3.8, 4) is 5.75 Å². The minimum Gasteiger partial charge on any atom is -0.490 e. The van der Waals surface area contributed by atoms with Gasteiger partial charge in [-0.1, -0.05) is 19.1 Å². The van der Waals surface area contributed by atoms with Gasteiger partial charge in [-0.3, -0.25) is 14.5 Å². The van der Waals surface area contributed by atoms with Crippen molar-refractivity contribution in [2.24, 2.45) is 0 Å². The quantitative estimate of drug-likeness (QED) is 0.569. The van der Waals surface area contributed by atoms with Crippen LogP contribution in [0.3, 0.4) is 0 Å². The van der Waals surface area contributed by atoms with Crippen LogP contribution in [0.1, 0.15) is 12.5 Å². The Balaban J connectivity index is 3.31. The molecule has 1 radical (unpaired) electrons. The Kier molecular flexibility index (Phi) is 3.60. The summed E-state index contributed by atoms with van der Waals surface area (Å²) in [6.07, 6.45) is 0. The molecule has 0 aliphatic heterocycles. The van der Waals surface area contributed by atoms with Crippen LogP contribution >= 0.6 is 0 Å². The van der Waals surface area contributed by atoms with E-state index < -0.39 is 11.6 Å². The van der Waals surface area contributed by atoms with Gasteiger partial charge in [-0.15, -0.1) is 0 Å². The minimum atomic E-state index is -0.714. The fraction of sp³-hybridized carbons (Fsp3) is 0.300. The number of benzene rings is 1. The summed E-state index contributed by atoms with van der Waals surface area (Å²) in [4.78, 5) is 10.2. The van der Waals surface area contributed by atoms with Crippen LogP contribution in [0.2, 0.25) is 0 Å². The number of halogens is 1. The number of hydrogen-bond donors (Lipinski definition) is 0. The summed E-state index contributed by atoms with van der Waals surface area (Å²) in [5.41, 5.74) is 0.0944. The van der Waals surface area contributed by atoms with Crippen LogP contribution in [0.15, 0.2) is 18.2 Å². The summed E-state index contributed by atoms with van der Waals surface area (Å²) in [6, 6.07) is 4.59. The minimum absolute atomic E-state index is 0.144. The van der Waals surface area contributed by atoms with Gasteiger partial charge in [0.2, 0.25) is 0 Å². The van der Waals surface area contributed by atoms with Crippen LogP contribution in [-0.2, 0) is 0 Å². The Hall–Kier alpha value is -1.65. The predicted octanol–water partition coefficient (Wildman–Crippen LogP) is 2.52. The molecule has 0 saturated carbocycles. The van der Waals surface area contributed by atoms with Crippen molar-refractivity contribution in [1.82, 2.24) is 0 Å². The van der Waals surface area contributed by atoms with Gasteiger partial charge in [0.1, 0.15) is 0 Å². The second kappa shape index (κ2) is 4.72. The van der Waals surface area contributed by atoms with Gasteiger partial charge >= 0.3 is 5.69 Å².